The number of aromatic nitrogens is 3. The van der Waals surface area contributed by atoms with Crippen molar-refractivity contribution in [3.05, 3.63) is 93.3 Å². The summed E-state index contributed by atoms with van der Waals surface area (Å²) in [5, 5.41) is 1.87. The number of halogens is 1. The van der Waals surface area contributed by atoms with Gasteiger partial charge < -0.3 is 4.90 Å². The summed E-state index contributed by atoms with van der Waals surface area (Å²) in [6.07, 6.45) is 5.16. The second kappa shape index (κ2) is 8.99. The van der Waals surface area contributed by atoms with Crippen molar-refractivity contribution in [3.63, 3.8) is 0 Å². The molecule has 0 bridgehead atoms. The van der Waals surface area contributed by atoms with Crippen LogP contribution in [-0.2, 0) is 6.42 Å². The zero-order valence-corrected chi connectivity index (χ0v) is 19.7. The number of rotatable bonds is 4. The van der Waals surface area contributed by atoms with Crippen LogP contribution in [0.4, 0.5) is 5.69 Å². The van der Waals surface area contributed by atoms with Crippen molar-refractivity contribution in [2.24, 2.45) is 5.92 Å². The number of pyridine rings is 1. The lowest BCUT2D eigenvalue weighted by molar-refractivity contribution is 0.404. The highest BCUT2D eigenvalue weighted by molar-refractivity contribution is 6.33. The quantitative estimate of drug-likeness (QED) is 0.404. The number of benzene rings is 2. The molecule has 0 atom stereocenters. The van der Waals surface area contributed by atoms with E-state index in [4.69, 9.17) is 11.6 Å². The molecule has 2 aromatic carbocycles. The SMILES string of the molecule is Cc1cc(=O)n(-c2ccc(N3CCC(Cc4cccc5cccnc45)CC3)c(Cl)c2)c(C)n1. The van der Waals surface area contributed by atoms with Gasteiger partial charge in [0.05, 0.1) is 21.9 Å². The van der Waals surface area contributed by atoms with E-state index in [1.165, 1.54) is 10.9 Å². The first-order valence-corrected chi connectivity index (χ1v) is 11.8. The maximum Gasteiger partial charge on any atom is 0.258 e. The molecular formula is C27H27ClN4O. The maximum atomic E-state index is 12.5. The third-order valence-electron chi connectivity index (χ3n) is 6.58. The van der Waals surface area contributed by atoms with Crippen LogP contribution in [0.15, 0.2) is 65.6 Å². The standard InChI is InChI=1S/C27H27ClN4O/c1-18-15-26(33)32(19(2)30-18)23-8-9-25(24(28)17-23)31-13-10-20(11-14-31)16-22-6-3-5-21-7-4-12-29-27(21)22/h3-9,12,15,17,20H,10-11,13-14,16H2,1-2H3. The van der Waals surface area contributed by atoms with E-state index in [0.717, 1.165) is 54.9 Å². The number of piperidine rings is 1. The number of para-hydroxylation sites is 1. The van der Waals surface area contributed by atoms with Crippen LogP contribution in [-0.4, -0.2) is 27.6 Å². The molecule has 1 fully saturated rings. The van der Waals surface area contributed by atoms with E-state index in [2.05, 4.69) is 39.1 Å². The van der Waals surface area contributed by atoms with Gasteiger partial charge in [0.25, 0.3) is 5.56 Å². The highest BCUT2D eigenvalue weighted by Crippen LogP contribution is 2.33. The summed E-state index contributed by atoms with van der Waals surface area (Å²) >= 11 is 6.69. The van der Waals surface area contributed by atoms with Gasteiger partial charge in [-0.05, 0) is 68.9 Å². The van der Waals surface area contributed by atoms with Crippen LogP contribution in [0.1, 0.15) is 29.9 Å². The van der Waals surface area contributed by atoms with Crippen LogP contribution in [0, 0.1) is 19.8 Å². The Labute approximate surface area is 198 Å². The summed E-state index contributed by atoms with van der Waals surface area (Å²) in [6, 6.07) is 18.0. The Morgan fingerprint density at radius 3 is 2.58 bits per heavy atom. The minimum Gasteiger partial charge on any atom is -0.370 e. The first-order valence-electron chi connectivity index (χ1n) is 11.4. The summed E-state index contributed by atoms with van der Waals surface area (Å²) in [6.45, 7) is 5.60. The first-order chi connectivity index (χ1) is 16.0. The molecule has 0 spiro atoms. The van der Waals surface area contributed by atoms with Crippen LogP contribution < -0.4 is 10.5 Å². The van der Waals surface area contributed by atoms with Gasteiger partial charge in [-0.25, -0.2) is 4.98 Å². The van der Waals surface area contributed by atoms with E-state index < -0.39 is 0 Å². The molecule has 4 aromatic rings. The van der Waals surface area contributed by atoms with E-state index in [-0.39, 0.29) is 5.56 Å². The Balaban J connectivity index is 1.30. The van der Waals surface area contributed by atoms with Gasteiger partial charge in [-0.3, -0.25) is 14.3 Å². The number of hydrogen-bond donors (Lipinski definition) is 0. The van der Waals surface area contributed by atoms with E-state index in [9.17, 15) is 4.79 Å². The topological polar surface area (TPSA) is 51.0 Å². The average molecular weight is 459 g/mol. The van der Waals surface area contributed by atoms with Gasteiger partial charge in [0, 0.05) is 36.4 Å². The summed E-state index contributed by atoms with van der Waals surface area (Å²) in [7, 11) is 0. The van der Waals surface area contributed by atoms with Gasteiger partial charge in [-0.2, -0.15) is 0 Å². The van der Waals surface area contributed by atoms with Gasteiger partial charge in [0.1, 0.15) is 5.82 Å². The molecule has 0 amide bonds. The van der Waals surface area contributed by atoms with E-state index in [1.807, 2.05) is 44.3 Å². The molecule has 0 saturated carbocycles. The molecule has 0 unspecified atom stereocenters. The Hall–Kier alpha value is -3.18. The number of aryl methyl sites for hydroxylation is 2. The summed E-state index contributed by atoms with van der Waals surface area (Å²) < 4.78 is 1.60. The van der Waals surface area contributed by atoms with Gasteiger partial charge >= 0.3 is 0 Å². The normalized spacial score (nSPS) is 14.7. The Morgan fingerprint density at radius 2 is 1.82 bits per heavy atom. The molecule has 6 heteroatoms. The van der Waals surface area contributed by atoms with Gasteiger partial charge in [-0.1, -0.05) is 35.9 Å². The Kier molecular flexibility index (Phi) is 5.90. The largest absolute Gasteiger partial charge is 0.370 e. The van der Waals surface area contributed by atoms with Gasteiger partial charge in [0.15, 0.2) is 0 Å². The van der Waals surface area contributed by atoms with Crippen molar-refractivity contribution in [1.82, 2.24) is 14.5 Å². The van der Waals surface area contributed by atoms with Crippen molar-refractivity contribution in [1.29, 1.82) is 0 Å². The number of hydrogen-bond acceptors (Lipinski definition) is 4. The van der Waals surface area contributed by atoms with Crippen molar-refractivity contribution in [2.45, 2.75) is 33.1 Å². The number of anilines is 1. The zero-order valence-electron chi connectivity index (χ0n) is 19.0. The van der Waals surface area contributed by atoms with Crippen LogP contribution in [0.5, 0.6) is 0 Å². The van der Waals surface area contributed by atoms with Crippen LogP contribution in [0.3, 0.4) is 0 Å². The minimum absolute atomic E-state index is 0.0902. The zero-order chi connectivity index (χ0) is 22.9. The molecular weight excluding hydrogens is 432 g/mol. The summed E-state index contributed by atoms with van der Waals surface area (Å²) in [5.74, 6) is 1.29. The highest BCUT2D eigenvalue weighted by Gasteiger charge is 2.22. The van der Waals surface area contributed by atoms with E-state index in [0.29, 0.717) is 16.8 Å². The molecule has 0 radical (unpaired) electrons. The average Bonchev–Trinajstić information content (AvgIpc) is 2.79. The highest BCUT2D eigenvalue weighted by atomic mass is 35.5. The second-order valence-electron chi connectivity index (χ2n) is 8.88. The number of fused-ring (bicyclic) bond motifs is 1. The molecule has 168 valence electrons. The van der Waals surface area contributed by atoms with Crippen molar-refractivity contribution in [2.75, 3.05) is 18.0 Å². The predicted molar refractivity (Wildman–Crippen MR) is 135 cm³/mol. The summed E-state index contributed by atoms with van der Waals surface area (Å²) in [4.78, 5) is 23.9. The van der Waals surface area contributed by atoms with E-state index in [1.54, 1.807) is 10.6 Å². The second-order valence-corrected chi connectivity index (χ2v) is 9.29. The summed E-state index contributed by atoms with van der Waals surface area (Å²) in [5.41, 5.74) is 4.86. The van der Waals surface area contributed by atoms with Crippen molar-refractivity contribution >= 4 is 28.2 Å². The maximum absolute atomic E-state index is 12.5. The molecule has 1 saturated heterocycles. The lowest BCUT2D eigenvalue weighted by Gasteiger charge is -2.34. The van der Waals surface area contributed by atoms with Crippen LogP contribution >= 0.6 is 11.6 Å². The third kappa shape index (κ3) is 4.38. The fraction of sp³-hybridized carbons (Fsp3) is 0.296. The van der Waals surface area contributed by atoms with Crippen molar-refractivity contribution < 1.29 is 0 Å². The fourth-order valence-electron chi connectivity index (χ4n) is 4.97. The minimum atomic E-state index is -0.0902. The van der Waals surface area contributed by atoms with E-state index >= 15 is 0 Å². The Morgan fingerprint density at radius 1 is 1.03 bits per heavy atom. The van der Waals surface area contributed by atoms with Crippen LogP contribution in [0.2, 0.25) is 5.02 Å². The third-order valence-corrected chi connectivity index (χ3v) is 6.89. The molecule has 0 aliphatic carbocycles. The smallest absolute Gasteiger partial charge is 0.258 e. The predicted octanol–water partition coefficient (Wildman–Crippen LogP) is 5.51. The fourth-order valence-corrected chi connectivity index (χ4v) is 5.26. The molecule has 33 heavy (non-hydrogen) atoms. The Bertz CT molecular complexity index is 1370. The van der Waals surface area contributed by atoms with Gasteiger partial charge in [0.2, 0.25) is 0 Å². The van der Waals surface area contributed by atoms with Gasteiger partial charge in [-0.15, -0.1) is 0 Å². The monoisotopic (exact) mass is 458 g/mol. The van der Waals surface area contributed by atoms with Crippen LogP contribution in [0.25, 0.3) is 16.6 Å². The first kappa shape index (κ1) is 21.7. The number of nitrogens with zero attached hydrogens (tertiary/aromatic N) is 4. The molecule has 1 aliphatic heterocycles. The lowest BCUT2D eigenvalue weighted by Crippen LogP contribution is -2.34. The molecule has 5 nitrogen and oxygen atoms in total. The lowest BCUT2D eigenvalue weighted by atomic mass is 9.89. The molecule has 1 aliphatic rings. The van der Waals surface area contributed by atoms with Crippen molar-refractivity contribution in [3.8, 4) is 5.69 Å². The molecule has 5 rings (SSSR count). The molecule has 2 aromatic heterocycles. The molecule has 3 heterocycles. The molecule has 0 N–H and O–H groups in total.